The summed E-state index contributed by atoms with van der Waals surface area (Å²) in [6.45, 7) is -0.102. The molecule has 2 atom stereocenters. The van der Waals surface area contributed by atoms with E-state index in [0.717, 1.165) is 25.7 Å². The van der Waals surface area contributed by atoms with Crippen LogP contribution in [0.4, 0.5) is 0 Å². The topological polar surface area (TPSA) is 58.9 Å². The van der Waals surface area contributed by atoms with Gasteiger partial charge in [-0.05, 0) is 25.3 Å². The van der Waals surface area contributed by atoms with Gasteiger partial charge in [-0.3, -0.25) is 0 Å². The highest BCUT2D eigenvalue weighted by Crippen LogP contribution is 2.34. The average molecular weight is 252 g/mol. The third-order valence-corrected chi connectivity index (χ3v) is 3.39. The summed E-state index contributed by atoms with van der Waals surface area (Å²) in [5.41, 5.74) is 0.687. The van der Waals surface area contributed by atoms with Crippen LogP contribution in [-0.2, 0) is 6.61 Å². The van der Waals surface area contributed by atoms with Gasteiger partial charge in [0.15, 0.2) is 11.5 Å². The van der Waals surface area contributed by atoms with Gasteiger partial charge in [0.1, 0.15) is 6.10 Å². The Balaban J connectivity index is 2.21. The first-order chi connectivity index (χ1) is 8.76. The fraction of sp³-hybridized carbons (Fsp3) is 0.571. The molecular weight excluding hydrogens is 232 g/mol. The molecule has 1 aliphatic rings. The van der Waals surface area contributed by atoms with Crippen molar-refractivity contribution in [1.82, 2.24) is 0 Å². The molecule has 0 radical (unpaired) electrons. The minimum Gasteiger partial charge on any atom is -0.493 e. The van der Waals surface area contributed by atoms with E-state index in [1.54, 1.807) is 19.2 Å². The Morgan fingerprint density at radius 1 is 1.28 bits per heavy atom. The van der Waals surface area contributed by atoms with Crippen LogP contribution in [0.25, 0.3) is 0 Å². The number of rotatable bonds is 4. The molecule has 1 saturated carbocycles. The van der Waals surface area contributed by atoms with Crippen molar-refractivity contribution in [3.05, 3.63) is 23.8 Å². The molecule has 1 aromatic rings. The second kappa shape index (κ2) is 6.07. The molecule has 2 unspecified atom stereocenters. The Morgan fingerprint density at radius 2 is 2.06 bits per heavy atom. The fourth-order valence-corrected chi connectivity index (χ4v) is 2.35. The maximum absolute atomic E-state index is 9.93. The molecule has 4 nitrogen and oxygen atoms in total. The highest BCUT2D eigenvalue weighted by molar-refractivity contribution is 5.46. The van der Waals surface area contributed by atoms with Gasteiger partial charge in [0.05, 0.1) is 19.8 Å². The first-order valence-corrected chi connectivity index (χ1v) is 6.37. The molecule has 1 aromatic carbocycles. The highest BCUT2D eigenvalue weighted by Gasteiger charge is 2.26. The van der Waals surface area contributed by atoms with E-state index in [2.05, 4.69) is 0 Å². The summed E-state index contributed by atoms with van der Waals surface area (Å²) in [4.78, 5) is 0. The number of hydrogen-bond acceptors (Lipinski definition) is 4. The fourth-order valence-electron chi connectivity index (χ4n) is 2.35. The molecule has 0 aromatic heterocycles. The van der Waals surface area contributed by atoms with Crippen LogP contribution in [0.15, 0.2) is 18.2 Å². The third kappa shape index (κ3) is 2.76. The molecule has 0 aliphatic heterocycles. The maximum atomic E-state index is 9.93. The van der Waals surface area contributed by atoms with E-state index in [1.165, 1.54) is 0 Å². The Kier molecular flexibility index (Phi) is 4.44. The first kappa shape index (κ1) is 13.2. The van der Waals surface area contributed by atoms with E-state index >= 15 is 0 Å². The molecule has 0 amide bonds. The van der Waals surface area contributed by atoms with Crippen LogP contribution in [-0.4, -0.2) is 29.5 Å². The summed E-state index contributed by atoms with van der Waals surface area (Å²) >= 11 is 0. The average Bonchev–Trinajstić information content (AvgIpc) is 2.41. The van der Waals surface area contributed by atoms with E-state index in [0.29, 0.717) is 17.1 Å². The van der Waals surface area contributed by atoms with Crippen LogP contribution in [0, 0.1) is 0 Å². The van der Waals surface area contributed by atoms with E-state index in [1.807, 2.05) is 6.07 Å². The number of methoxy groups -OCH3 is 1. The Bertz CT molecular complexity index is 369. The molecule has 18 heavy (non-hydrogen) atoms. The van der Waals surface area contributed by atoms with Crippen LogP contribution < -0.4 is 9.47 Å². The number of hydrogen-bond donors (Lipinski definition) is 2. The first-order valence-electron chi connectivity index (χ1n) is 6.37. The van der Waals surface area contributed by atoms with E-state index in [9.17, 15) is 10.2 Å². The van der Waals surface area contributed by atoms with Crippen molar-refractivity contribution in [2.75, 3.05) is 7.11 Å². The zero-order chi connectivity index (χ0) is 13.0. The number of ether oxygens (including phenoxy) is 2. The van der Waals surface area contributed by atoms with Gasteiger partial charge >= 0.3 is 0 Å². The summed E-state index contributed by atoms with van der Waals surface area (Å²) in [6, 6.07) is 5.41. The van der Waals surface area contributed by atoms with Crippen molar-refractivity contribution in [3.63, 3.8) is 0 Å². The molecule has 0 heterocycles. The van der Waals surface area contributed by atoms with Gasteiger partial charge in [0.2, 0.25) is 0 Å². The van der Waals surface area contributed by atoms with E-state index in [-0.39, 0.29) is 12.7 Å². The summed E-state index contributed by atoms with van der Waals surface area (Å²) in [5, 5.41) is 19.3. The Morgan fingerprint density at radius 3 is 2.72 bits per heavy atom. The molecule has 0 spiro atoms. The van der Waals surface area contributed by atoms with Crippen LogP contribution in [0.3, 0.4) is 0 Å². The summed E-state index contributed by atoms with van der Waals surface area (Å²) in [7, 11) is 1.57. The van der Waals surface area contributed by atoms with Crippen molar-refractivity contribution >= 4 is 0 Å². The summed E-state index contributed by atoms with van der Waals surface area (Å²) < 4.78 is 11.1. The van der Waals surface area contributed by atoms with Crippen LogP contribution in [0.2, 0.25) is 0 Å². The number of benzene rings is 1. The second-order valence-corrected chi connectivity index (χ2v) is 4.61. The molecule has 1 fully saturated rings. The number of para-hydroxylation sites is 1. The minimum absolute atomic E-state index is 0.102. The number of aliphatic hydroxyl groups excluding tert-OH is 2. The lowest BCUT2D eigenvalue weighted by Gasteiger charge is -2.29. The second-order valence-electron chi connectivity index (χ2n) is 4.61. The summed E-state index contributed by atoms with van der Waals surface area (Å²) in [5.74, 6) is 1.15. The van der Waals surface area contributed by atoms with Gasteiger partial charge < -0.3 is 19.7 Å². The summed E-state index contributed by atoms with van der Waals surface area (Å²) in [6.07, 6.45) is 3.07. The normalized spacial score (nSPS) is 23.7. The SMILES string of the molecule is COc1cccc(CO)c1OC1CCCCC1O. The van der Waals surface area contributed by atoms with Gasteiger partial charge in [-0.2, -0.15) is 0 Å². The molecule has 4 heteroatoms. The molecule has 0 saturated heterocycles. The van der Waals surface area contributed by atoms with Crippen molar-refractivity contribution in [2.24, 2.45) is 0 Å². The lowest BCUT2D eigenvalue weighted by Crippen LogP contribution is -2.35. The maximum Gasteiger partial charge on any atom is 0.167 e. The van der Waals surface area contributed by atoms with Crippen LogP contribution in [0.5, 0.6) is 11.5 Å². The van der Waals surface area contributed by atoms with Gasteiger partial charge in [-0.1, -0.05) is 18.6 Å². The zero-order valence-electron chi connectivity index (χ0n) is 10.6. The zero-order valence-corrected chi connectivity index (χ0v) is 10.6. The Hall–Kier alpha value is -1.26. The van der Waals surface area contributed by atoms with Gasteiger partial charge in [-0.15, -0.1) is 0 Å². The van der Waals surface area contributed by atoms with Gasteiger partial charge in [0, 0.05) is 5.56 Å². The van der Waals surface area contributed by atoms with E-state index in [4.69, 9.17) is 9.47 Å². The smallest absolute Gasteiger partial charge is 0.167 e. The monoisotopic (exact) mass is 252 g/mol. The molecule has 1 aliphatic carbocycles. The predicted octanol–water partition coefficient (Wildman–Crippen LogP) is 1.87. The minimum atomic E-state index is -0.435. The van der Waals surface area contributed by atoms with Crippen LogP contribution in [0.1, 0.15) is 31.2 Å². The largest absolute Gasteiger partial charge is 0.493 e. The quantitative estimate of drug-likeness (QED) is 0.859. The predicted molar refractivity (Wildman–Crippen MR) is 67.8 cm³/mol. The van der Waals surface area contributed by atoms with Gasteiger partial charge in [0.25, 0.3) is 0 Å². The number of aliphatic hydroxyl groups is 2. The molecular formula is C14H20O4. The van der Waals surface area contributed by atoms with Gasteiger partial charge in [-0.25, -0.2) is 0 Å². The highest BCUT2D eigenvalue weighted by atomic mass is 16.5. The van der Waals surface area contributed by atoms with Crippen LogP contribution >= 0.6 is 0 Å². The molecule has 0 bridgehead atoms. The Labute approximate surface area is 107 Å². The van der Waals surface area contributed by atoms with Crippen molar-refractivity contribution < 1.29 is 19.7 Å². The standard InChI is InChI=1S/C14H20O4/c1-17-13-8-4-5-10(9-15)14(13)18-12-7-3-2-6-11(12)16/h4-5,8,11-12,15-16H,2-3,6-7,9H2,1H3. The van der Waals surface area contributed by atoms with Crippen molar-refractivity contribution in [2.45, 2.75) is 44.5 Å². The lowest BCUT2D eigenvalue weighted by molar-refractivity contribution is 0.00463. The van der Waals surface area contributed by atoms with E-state index < -0.39 is 6.10 Å². The lowest BCUT2D eigenvalue weighted by atomic mass is 9.95. The molecule has 2 N–H and O–H groups in total. The van der Waals surface area contributed by atoms with Crippen molar-refractivity contribution in [3.8, 4) is 11.5 Å². The molecule has 100 valence electrons. The van der Waals surface area contributed by atoms with Crippen molar-refractivity contribution in [1.29, 1.82) is 0 Å². The third-order valence-electron chi connectivity index (χ3n) is 3.39. The molecule has 2 rings (SSSR count).